The van der Waals surface area contributed by atoms with E-state index < -0.39 is 0 Å². The van der Waals surface area contributed by atoms with E-state index in [4.69, 9.17) is 0 Å². The van der Waals surface area contributed by atoms with E-state index in [0.29, 0.717) is 12.6 Å². The molecule has 0 radical (unpaired) electrons. The molecule has 1 N–H and O–H groups in total. The lowest BCUT2D eigenvalue weighted by atomic mass is 10.0. The monoisotopic (exact) mass is 246 g/mol. The molecule has 1 aliphatic rings. The van der Waals surface area contributed by atoms with Crippen molar-refractivity contribution in [2.45, 2.75) is 45.8 Å². The van der Waals surface area contributed by atoms with Gasteiger partial charge in [0.1, 0.15) is 6.17 Å². The molecule has 1 amide bonds. The topological polar surface area (TPSA) is 32.3 Å². The molecule has 2 rings (SSSR count). The molecule has 0 aliphatic carbocycles. The van der Waals surface area contributed by atoms with Crippen LogP contribution in [-0.2, 0) is 4.79 Å². The van der Waals surface area contributed by atoms with Gasteiger partial charge in [0, 0.05) is 6.04 Å². The molecular formula is C15H22N2O. The van der Waals surface area contributed by atoms with Crippen LogP contribution >= 0.6 is 0 Å². The van der Waals surface area contributed by atoms with E-state index in [1.165, 1.54) is 11.1 Å². The molecule has 1 aliphatic heterocycles. The first-order chi connectivity index (χ1) is 8.65. The fraction of sp³-hybridized carbons (Fsp3) is 0.533. The van der Waals surface area contributed by atoms with Gasteiger partial charge in [-0.3, -0.25) is 10.1 Å². The Morgan fingerprint density at radius 1 is 1.44 bits per heavy atom. The zero-order valence-electron chi connectivity index (χ0n) is 11.4. The lowest BCUT2D eigenvalue weighted by molar-refractivity contribution is -0.130. The van der Waals surface area contributed by atoms with E-state index in [2.05, 4.69) is 38.2 Å². The summed E-state index contributed by atoms with van der Waals surface area (Å²) >= 11 is 0. The van der Waals surface area contributed by atoms with Crippen LogP contribution in [0.3, 0.4) is 0 Å². The highest BCUT2D eigenvalue weighted by Gasteiger charge is 2.34. The molecule has 3 heteroatoms. The number of aryl methyl sites for hydroxylation is 1. The molecule has 2 atom stereocenters. The third-order valence-electron chi connectivity index (χ3n) is 3.68. The number of rotatable bonds is 4. The third kappa shape index (κ3) is 2.41. The summed E-state index contributed by atoms with van der Waals surface area (Å²) in [5.41, 5.74) is 2.45. The molecule has 2 unspecified atom stereocenters. The number of nitrogens with zero attached hydrogens (tertiary/aromatic N) is 1. The van der Waals surface area contributed by atoms with Crippen molar-refractivity contribution in [3.8, 4) is 0 Å². The van der Waals surface area contributed by atoms with Crippen LogP contribution in [0, 0.1) is 6.92 Å². The number of amides is 1. The number of benzene rings is 1. The largest absolute Gasteiger partial charge is 0.319 e. The van der Waals surface area contributed by atoms with Crippen molar-refractivity contribution < 1.29 is 4.79 Å². The van der Waals surface area contributed by atoms with Gasteiger partial charge in [-0.05, 0) is 31.4 Å². The van der Waals surface area contributed by atoms with Gasteiger partial charge in [0.25, 0.3) is 0 Å². The van der Waals surface area contributed by atoms with E-state index in [1.54, 1.807) is 0 Å². The van der Waals surface area contributed by atoms with Gasteiger partial charge >= 0.3 is 0 Å². The van der Waals surface area contributed by atoms with Crippen LogP contribution in [0.25, 0.3) is 0 Å². The fourth-order valence-electron chi connectivity index (χ4n) is 2.73. The average Bonchev–Trinajstić information content (AvgIpc) is 2.72. The normalized spacial score (nSPS) is 21.4. The van der Waals surface area contributed by atoms with Gasteiger partial charge in [0.2, 0.25) is 5.91 Å². The van der Waals surface area contributed by atoms with Crippen molar-refractivity contribution in [1.82, 2.24) is 10.2 Å². The summed E-state index contributed by atoms with van der Waals surface area (Å²) in [5, 5.41) is 3.33. The van der Waals surface area contributed by atoms with Gasteiger partial charge in [-0.2, -0.15) is 0 Å². The molecule has 1 aromatic rings. The highest BCUT2D eigenvalue weighted by Crippen LogP contribution is 2.28. The van der Waals surface area contributed by atoms with Crippen molar-refractivity contribution >= 4 is 5.91 Å². The van der Waals surface area contributed by atoms with Gasteiger partial charge in [-0.15, -0.1) is 0 Å². The third-order valence-corrected chi connectivity index (χ3v) is 3.68. The van der Waals surface area contributed by atoms with Gasteiger partial charge in [0.15, 0.2) is 0 Å². The minimum atomic E-state index is 0.0419. The average molecular weight is 246 g/mol. The quantitative estimate of drug-likeness (QED) is 0.885. The molecule has 1 heterocycles. The molecule has 98 valence electrons. The maximum Gasteiger partial charge on any atom is 0.238 e. The van der Waals surface area contributed by atoms with Crippen molar-refractivity contribution in [2.75, 3.05) is 6.54 Å². The Kier molecular flexibility index (Phi) is 4.02. The molecule has 0 spiro atoms. The van der Waals surface area contributed by atoms with E-state index in [1.807, 2.05) is 17.0 Å². The highest BCUT2D eigenvalue weighted by molar-refractivity contribution is 5.81. The van der Waals surface area contributed by atoms with Crippen LogP contribution in [0.2, 0.25) is 0 Å². The zero-order valence-corrected chi connectivity index (χ0v) is 11.4. The Hall–Kier alpha value is -1.35. The predicted molar refractivity (Wildman–Crippen MR) is 73.1 cm³/mol. The molecule has 18 heavy (non-hydrogen) atoms. The first kappa shape index (κ1) is 13.1. The van der Waals surface area contributed by atoms with Crippen LogP contribution in [0.15, 0.2) is 24.3 Å². The molecule has 0 bridgehead atoms. The van der Waals surface area contributed by atoms with E-state index in [9.17, 15) is 4.79 Å². The summed E-state index contributed by atoms with van der Waals surface area (Å²) < 4.78 is 0. The van der Waals surface area contributed by atoms with Gasteiger partial charge in [-0.1, -0.05) is 37.6 Å². The van der Waals surface area contributed by atoms with Crippen molar-refractivity contribution in [2.24, 2.45) is 0 Å². The maximum absolute atomic E-state index is 12.0. The first-order valence-corrected chi connectivity index (χ1v) is 6.75. The van der Waals surface area contributed by atoms with Crippen molar-refractivity contribution in [3.63, 3.8) is 0 Å². The molecule has 1 aromatic carbocycles. The Bertz CT molecular complexity index is 430. The van der Waals surface area contributed by atoms with Crippen molar-refractivity contribution in [1.29, 1.82) is 0 Å². The lowest BCUT2D eigenvalue weighted by Crippen LogP contribution is -2.38. The molecule has 0 saturated carbocycles. The number of carbonyl (C=O) groups excluding carboxylic acids is 1. The van der Waals surface area contributed by atoms with Crippen molar-refractivity contribution in [3.05, 3.63) is 35.4 Å². The SMILES string of the molecule is CCCC(C)N1C(=O)CNC1c1ccccc1C. The molecule has 0 aromatic heterocycles. The number of hydrogen-bond acceptors (Lipinski definition) is 2. The van der Waals surface area contributed by atoms with Crippen LogP contribution in [0.4, 0.5) is 0 Å². The number of carbonyl (C=O) groups is 1. The Morgan fingerprint density at radius 3 is 2.83 bits per heavy atom. The first-order valence-electron chi connectivity index (χ1n) is 6.75. The summed E-state index contributed by atoms with van der Waals surface area (Å²) in [6.07, 6.45) is 2.20. The maximum atomic E-state index is 12.0. The minimum Gasteiger partial charge on any atom is -0.319 e. The van der Waals surface area contributed by atoms with E-state index in [0.717, 1.165) is 12.8 Å². The standard InChI is InChI=1S/C15H22N2O/c1-4-7-12(3)17-14(18)10-16-15(17)13-9-6-5-8-11(13)2/h5-6,8-9,12,15-16H,4,7,10H2,1-3H3. The second-order valence-corrected chi connectivity index (χ2v) is 5.08. The van der Waals surface area contributed by atoms with E-state index >= 15 is 0 Å². The fourth-order valence-corrected chi connectivity index (χ4v) is 2.73. The second kappa shape index (κ2) is 5.53. The van der Waals surface area contributed by atoms with E-state index in [-0.39, 0.29) is 12.1 Å². The number of nitrogens with one attached hydrogen (secondary N) is 1. The summed E-state index contributed by atoms with van der Waals surface area (Å²) in [6, 6.07) is 8.58. The number of hydrogen-bond donors (Lipinski definition) is 1. The Balaban J connectivity index is 2.27. The lowest BCUT2D eigenvalue weighted by Gasteiger charge is -2.31. The molecule has 1 saturated heterocycles. The van der Waals surface area contributed by atoms with Crippen LogP contribution in [0.1, 0.15) is 44.0 Å². The predicted octanol–water partition coefficient (Wildman–Crippen LogP) is 2.61. The summed E-state index contributed by atoms with van der Waals surface area (Å²) in [5.74, 6) is 0.212. The van der Waals surface area contributed by atoms with Crippen LogP contribution in [0.5, 0.6) is 0 Å². The summed E-state index contributed by atoms with van der Waals surface area (Å²) in [4.78, 5) is 14.1. The molecule has 1 fully saturated rings. The Morgan fingerprint density at radius 2 is 2.17 bits per heavy atom. The minimum absolute atomic E-state index is 0.0419. The summed E-state index contributed by atoms with van der Waals surface area (Å²) in [6.45, 7) is 6.85. The summed E-state index contributed by atoms with van der Waals surface area (Å²) in [7, 11) is 0. The Labute approximate surface area is 109 Å². The van der Waals surface area contributed by atoms with Crippen LogP contribution < -0.4 is 5.32 Å². The van der Waals surface area contributed by atoms with Gasteiger partial charge in [-0.25, -0.2) is 0 Å². The van der Waals surface area contributed by atoms with Crippen LogP contribution in [-0.4, -0.2) is 23.4 Å². The van der Waals surface area contributed by atoms with Gasteiger partial charge in [0.05, 0.1) is 6.54 Å². The molecule has 3 nitrogen and oxygen atoms in total. The zero-order chi connectivity index (χ0) is 13.1. The smallest absolute Gasteiger partial charge is 0.238 e. The molecular weight excluding hydrogens is 224 g/mol. The van der Waals surface area contributed by atoms with Gasteiger partial charge < -0.3 is 4.90 Å². The highest BCUT2D eigenvalue weighted by atomic mass is 16.2. The second-order valence-electron chi connectivity index (χ2n) is 5.08.